The summed E-state index contributed by atoms with van der Waals surface area (Å²) in [5.74, 6) is 6.66. The zero-order valence-corrected chi connectivity index (χ0v) is 10.7. The fourth-order valence-corrected chi connectivity index (χ4v) is 1.64. The van der Waals surface area contributed by atoms with Gasteiger partial charge < -0.3 is 15.0 Å². The maximum Gasteiger partial charge on any atom is 0.119 e. The molecule has 1 aromatic carbocycles. The quantitative estimate of drug-likeness (QED) is 0.653. The highest BCUT2D eigenvalue weighted by atomic mass is 16.5. The van der Waals surface area contributed by atoms with Crippen LogP contribution in [0.25, 0.3) is 0 Å². The molecule has 2 N–H and O–H groups in total. The van der Waals surface area contributed by atoms with Crippen LogP contribution in [-0.4, -0.2) is 22.7 Å². The normalized spacial score (nSPS) is 9.74. The van der Waals surface area contributed by atoms with Crippen molar-refractivity contribution in [2.24, 2.45) is 5.73 Å². The first-order valence-corrected chi connectivity index (χ1v) is 6.26. The minimum atomic E-state index is 0.381. The standard InChI is InChI=1S/C15H17N3O/c16-8-1-3-14-4-6-15(7-5-14)19-12-2-10-18-11-9-17-13-18/h4-7,9,11,13H,2,8,10,12,16H2. The summed E-state index contributed by atoms with van der Waals surface area (Å²) in [5.41, 5.74) is 6.28. The number of aromatic nitrogens is 2. The van der Waals surface area contributed by atoms with Gasteiger partial charge >= 0.3 is 0 Å². The van der Waals surface area contributed by atoms with Gasteiger partial charge in [0.05, 0.1) is 19.5 Å². The van der Waals surface area contributed by atoms with Crippen LogP contribution in [0.4, 0.5) is 0 Å². The molecule has 0 saturated heterocycles. The highest BCUT2D eigenvalue weighted by molar-refractivity contribution is 5.38. The lowest BCUT2D eigenvalue weighted by Crippen LogP contribution is -2.02. The number of ether oxygens (including phenoxy) is 1. The molecule has 0 saturated carbocycles. The largest absolute Gasteiger partial charge is 0.494 e. The SMILES string of the molecule is NCC#Cc1ccc(OCCCn2ccnc2)cc1. The van der Waals surface area contributed by atoms with Gasteiger partial charge in [0.1, 0.15) is 5.75 Å². The van der Waals surface area contributed by atoms with Gasteiger partial charge in [0.2, 0.25) is 0 Å². The molecule has 1 heterocycles. The van der Waals surface area contributed by atoms with E-state index in [4.69, 9.17) is 10.5 Å². The van der Waals surface area contributed by atoms with E-state index >= 15 is 0 Å². The molecule has 0 aliphatic carbocycles. The first kappa shape index (κ1) is 13.2. The lowest BCUT2D eigenvalue weighted by molar-refractivity contribution is 0.302. The molecular weight excluding hydrogens is 238 g/mol. The second-order valence-electron chi connectivity index (χ2n) is 4.03. The summed E-state index contributed by atoms with van der Waals surface area (Å²) in [6.45, 7) is 1.98. The van der Waals surface area contributed by atoms with Crippen molar-refractivity contribution in [3.8, 4) is 17.6 Å². The molecule has 0 atom stereocenters. The molecular formula is C15H17N3O. The van der Waals surface area contributed by atoms with Gasteiger partial charge in [0.25, 0.3) is 0 Å². The number of nitrogens with two attached hydrogens (primary N) is 1. The van der Waals surface area contributed by atoms with Crippen molar-refractivity contribution in [1.82, 2.24) is 9.55 Å². The molecule has 0 spiro atoms. The topological polar surface area (TPSA) is 53.1 Å². The predicted octanol–water partition coefficient (Wildman–Crippen LogP) is 1.66. The van der Waals surface area contributed by atoms with Crippen LogP contribution < -0.4 is 10.5 Å². The Morgan fingerprint density at radius 1 is 1.26 bits per heavy atom. The highest BCUT2D eigenvalue weighted by Crippen LogP contribution is 2.11. The monoisotopic (exact) mass is 255 g/mol. The number of hydrogen-bond donors (Lipinski definition) is 1. The Morgan fingerprint density at radius 2 is 2.11 bits per heavy atom. The van der Waals surface area contributed by atoms with Crippen molar-refractivity contribution in [2.75, 3.05) is 13.2 Å². The van der Waals surface area contributed by atoms with Crippen LogP contribution in [-0.2, 0) is 6.54 Å². The summed E-state index contributed by atoms with van der Waals surface area (Å²) in [4.78, 5) is 3.99. The van der Waals surface area contributed by atoms with E-state index in [2.05, 4.69) is 16.8 Å². The van der Waals surface area contributed by atoms with Gasteiger partial charge in [-0.2, -0.15) is 0 Å². The fourth-order valence-electron chi connectivity index (χ4n) is 1.64. The molecule has 2 aromatic rings. The third-order valence-corrected chi connectivity index (χ3v) is 2.58. The van der Waals surface area contributed by atoms with Crippen molar-refractivity contribution >= 4 is 0 Å². The average Bonchev–Trinajstić information content (AvgIpc) is 2.96. The van der Waals surface area contributed by atoms with Crippen LogP contribution in [0.5, 0.6) is 5.75 Å². The summed E-state index contributed by atoms with van der Waals surface area (Å²) in [6.07, 6.45) is 6.49. The van der Waals surface area contributed by atoms with Crippen LogP contribution in [0.15, 0.2) is 43.0 Å². The smallest absolute Gasteiger partial charge is 0.119 e. The van der Waals surface area contributed by atoms with Gasteiger partial charge in [-0.15, -0.1) is 0 Å². The molecule has 4 nitrogen and oxygen atoms in total. The zero-order chi connectivity index (χ0) is 13.3. The Labute approximate surface area is 113 Å². The Morgan fingerprint density at radius 3 is 2.79 bits per heavy atom. The van der Waals surface area contributed by atoms with Gasteiger partial charge in [-0.05, 0) is 30.7 Å². The van der Waals surface area contributed by atoms with Crippen LogP contribution >= 0.6 is 0 Å². The Kier molecular flexibility index (Phi) is 5.03. The number of benzene rings is 1. The van der Waals surface area contributed by atoms with Gasteiger partial charge in [-0.3, -0.25) is 0 Å². The fraction of sp³-hybridized carbons (Fsp3) is 0.267. The van der Waals surface area contributed by atoms with Gasteiger partial charge in [0.15, 0.2) is 0 Å². The molecule has 1 aromatic heterocycles. The number of aryl methyl sites for hydroxylation is 1. The Balaban J connectivity index is 1.74. The summed E-state index contributed by atoms with van der Waals surface area (Å²) in [5, 5.41) is 0. The number of nitrogens with zero attached hydrogens (tertiary/aromatic N) is 2. The molecule has 0 bridgehead atoms. The lowest BCUT2D eigenvalue weighted by Gasteiger charge is -2.06. The third-order valence-electron chi connectivity index (χ3n) is 2.58. The van der Waals surface area contributed by atoms with Crippen LogP contribution in [0.1, 0.15) is 12.0 Å². The van der Waals surface area contributed by atoms with Gasteiger partial charge in [0, 0.05) is 24.5 Å². The van der Waals surface area contributed by atoms with Crippen molar-refractivity contribution < 1.29 is 4.74 Å². The Hall–Kier alpha value is -2.25. The van der Waals surface area contributed by atoms with Crippen molar-refractivity contribution in [1.29, 1.82) is 0 Å². The predicted molar refractivity (Wildman–Crippen MR) is 74.7 cm³/mol. The molecule has 4 heteroatoms. The molecule has 0 aliphatic heterocycles. The van der Waals surface area contributed by atoms with E-state index in [1.54, 1.807) is 6.20 Å². The van der Waals surface area contributed by atoms with Gasteiger partial charge in [-0.25, -0.2) is 4.98 Å². The first-order valence-electron chi connectivity index (χ1n) is 6.26. The summed E-state index contributed by atoms with van der Waals surface area (Å²) >= 11 is 0. The highest BCUT2D eigenvalue weighted by Gasteiger charge is 1.95. The molecule has 19 heavy (non-hydrogen) atoms. The molecule has 0 aliphatic rings. The van der Waals surface area contributed by atoms with Crippen molar-refractivity contribution in [2.45, 2.75) is 13.0 Å². The van der Waals surface area contributed by atoms with E-state index in [-0.39, 0.29) is 0 Å². The summed E-state index contributed by atoms with van der Waals surface area (Å²) in [6, 6.07) is 7.73. The van der Waals surface area contributed by atoms with E-state index in [1.165, 1.54) is 0 Å². The van der Waals surface area contributed by atoms with Crippen molar-refractivity contribution in [3.63, 3.8) is 0 Å². The van der Waals surface area contributed by atoms with E-state index < -0.39 is 0 Å². The van der Waals surface area contributed by atoms with Crippen LogP contribution in [0.3, 0.4) is 0 Å². The molecule has 0 radical (unpaired) electrons. The molecule has 2 rings (SSSR count). The first-order chi connectivity index (χ1) is 9.38. The third kappa shape index (κ3) is 4.49. The number of imidazole rings is 1. The maximum absolute atomic E-state index is 5.66. The minimum absolute atomic E-state index is 0.381. The summed E-state index contributed by atoms with van der Waals surface area (Å²) in [7, 11) is 0. The molecule has 98 valence electrons. The summed E-state index contributed by atoms with van der Waals surface area (Å²) < 4.78 is 7.69. The van der Waals surface area contributed by atoms with Crippen molar-refractivity contribution in [3.05, 3.63) is 48.5 Å². The Bertz CT molecular complexity index is 535. The number of rotatable bonds is 5. The van der Waals surface area contributed by atoms with E-state index in [0.29, 0.717) is 13.2 Å². The second kappa shape index (κ2) is 7.24. The minimum Gasteiger partial charge on any atom is -0.494 e. The van der Waals surface area contributed by atoms with E-state index in [9.17, 15) is 0 Å². The lowest BCUT2D eigenvalue weighted by atomic mass is 10.2. The maximum atomic E-state index is 5.66. The molecule has 0 amide bonds. The van der Waals surface area contributed by atoms with Gasteiger partial charge in [-0.1, -0.05) is 11.8 Å². The number of hydrogen-bond acceptors (Lipinski definition) is 3. The van der Waals surface area contributed by atoms with Crippen LogP contribution in [0, 0.1) is 11.8 Å². The van der Waals surface area contributed by atoms with Crippen LogP contribution in [0.2, 0.25) is 0 Å². The molecule has 0 unspecified atom stereocenters. The van der Waals surface area contributed by atoms with E-state index in [0.717, 1.165) is 24.3 Å². The zero-order valence-electron chi connectivity index (χ0n) is 10.7. The second-order valence-corrected chi connectivity index (χ2v) is 4.03. The molecule has 0 fully saturated rings. The average molecular weight is 255 g/mol. The van der Waals surface area contributed by atoms with E-state index in [1.807, 2.05) is 41.4 Å².